The molecule has 0 bridgehead atoms. The van der Waals surface area contributed by atoms with Gasteiger partial charge in [-0.3, -0.25) is 14.4 Å². The molecule has 1 aromatic carbocycles. The SMILES string of the molecule is CC(=O)Oc1ccc(N2C(=O)CC(Sc3nc(N)c(C#N)c(C4CC4)c3C#N)C2=O)cc1. The van der Waals surface area contributed by atoms with Crippen molar-refractivity contribution < 1.29 is 19.1 Å². The summed E-state index contributed by atoms with van der Waals surface area (Å²) in [7, 11) is 0. The number of benzene rings is 1. The number of carbonyl (C=O) groups excluding carboxylic acids is 3. The number of nitrogens with two attached hydrogens (primary N) is 1. The molecule has 1 saturated carbocycles. The summed E-state index contributed by atoms with van der Waals surface area (Å²) in [6.45, 7) is 1.28. The Hall–Kier alpha value is -3.89. The molecule has 160 valence electrons. The van der Waals surface area contributed by atoms with Gasteiger partial charge in [0, 0.05) is 13.3 Å². The summed E-state index contributed by atoms with van der Waals surface area (Å²) in [5.41, 5.74) is 7.35. The lowest BCUT2D eigenvalue weighted by Crippen LogP contribution is -2.31. The van der Waals surface area contributed by atoms with Crippen LogP contribution in [0, 0.1) is 22.7 Å². The minimum Gasteiger partial charge on any atom is -0.427 e. The Kier molecular flexibility index (Phi) is 5.56. The van der Waals surface area contributed by atoms with Crippen LogP contribution in [0.2, 0.25) is 0 Å². The molecule has 2 aromatic rings. The van der Waals surface area contributed by atoms with E-state index < -0.39 is 23.0 Å². The first-order chi connectivity index (χ1) is 15.3. The summed E-state index contributed by atoms with van der Waals surface area (Å²) in [5, 5.41) is 18.7. The van der Waals surface area contributed by atoms with E-state index in [0.717, 1.165) is 29.5 Å². The zero-order valence-electron chi connectivity index (χ0n) is 17.0. The van der Waals surface area contributed by atoms with Crippen LogP contribution in [0.3, 0.4) is 0 Å². The maximum atomic E-state index is 13.0. The lowest BCUT2D eigenvalue weighted by Gasteiger charge is -2.16. The maximum Gasteiger partial charge on any atom is 0.308 e. The van der Waals surface area contributed by atoms with Gasteiger partial charge >= 0.3 is 5.97 Å². The number of thioether (sulfide) groups is 1. The Labute approximate surface area is 187 Å². The minimum atomic E-state index is -0.783. The van der Waals surface area contributed by atoms with Gasteiger partial charge in [-0.25, -0.2) is 9.88 Å². The monoisotopic (exact) mass is 447 g/mol. The van der Waals surface area contributed by atoms with Crippen molar-refractivity contribution in [2.24, 2.45) is 0 Å². The molecule has 9 nitrogen and oxygen atoms in total. The van der Waals surface area contributed by atoms with Crippen LogP contribution in [0.4, 0.5) is 11.5 Å². The number of ether oxygens (including phenoxy) is 1. The summed E-state index contributed by atoms with van der Waals surface area (Å²) >= 11 is 1.01. The molecule has 1 unspecified atom stereocenters. The van der Waals surface area contributed by atoms with E-state index in [9.17, 15) is 24.9 Å². The van der Waals surface area contributed by atoms with Crippen molar-refractivity contribution in [3.05, 3.63) is 41.0 Å². The quantitative estimate of drug-likeness (QED) is 0.414. The first-order valence-corrected chi connectivity index (χ1v) is 10.7. The van der Waals surface area contributed by atoms with Gasteiger partial charge in [-0.15, -0.1) is 0 Å². The van der Waals surface area contributed by atoms with Crippen molar-refractivity contribution in [3.8, 4) is 17.9 Å². The number of imide groups is 1. The highest BCUT2D eigenvalue weighted by Crippen LogP contribution is 2.47. The Morgan fingerprint density at radius 3 is 2.41 bits per heavy atom. The highest BCUT2D eigenvalue weighted by molar-refractivity contribution is 8.00. The number of nitriles is 2. The maximum absolute atomic E-state index is 13.0. The molecular formula is C22H17N5O4S. The Balaban J connectivity index is 1.61. The molecule has 1 aromatic heterocycles. The third kappa shape index (κ3) is 3.88. The Bertz CT molecular complexity index is 1220. The average molecular weight is 447 g/mol. The summed E-state index contributed by atoms with van der Waals surface area (Å²) < 4.78 is 4.97. The van der Waals surface area contributed by atoms with Gasteiger partial charge in [0.05, 0.1) is 22.1 Å². The molecule has 32 heavy (non-hydrogen) atoms. The molecule has 2 amide bonds. The van der Waals surface area contributed by atoms with Crippen LogP contribution in [-0.4, -0.2) is 28.0 Å². The number of esters is 1. The molecular weight excluding hydrogens is 430 g/mol. The largest absolute Gasteiger partial charge is 0.427 e. The number of pyridine rings is 1. The number of nitrogen functional groups attached to an aromatic ring is 1. The fourth-order valence-electron chi connectivity index (χ4n) is 3.62. The molecule has 2 aliphatic rings. The standard InChI is InChI=1S/C22H17N5O4S/c1-11(28)31-14-6-4-13(5-7-14)27-18(29)8-17(22(27)30)32-21-16(10-24)19(12-2-3-12)15(9-23)20(25)26-21/h4-7,12,17H,2-3,8H2,1H3,(H2,25,26). The minimum absolute atomic E-state index is 0.0191. The summed E-state index contributed by atoms with van der Waals surface area (Å²) in [4.78, 5) is 42.0. The highest BCUT2D eigenvalue weighted by Gasteiger charge is 2.41. The van der Waals surface area contributed by atoms with E-state index in [1.807, 2.05) is 6.07 Å². The van der Waals surface area contributed by atoms with Crippen molar-refractivity contribution in [2.45, 2.75) is 42.4 Å². The number of carbonyl (C=O) groups is 3. The number of amides is 2. The topological polar surface area (TPSA) is 150 Å². The fraction of sp³-hybridized carbons (Fsp3) is 0.273. The zero-order chi connectivity index (χ0) is 23.0. The van der Waals surface area contributed by atoms with Gasteiger partial charge in [-0.1, -0.05) is 11.8 Å². The normalized spacial score (nSPS) is 17.7. The van der Waals surface area contributed by atoms with Gasteiger partial charge in [-0.2, -0.15) is 10.5 Å². The van der Waals surface area contributed by atoms with Crippen LogP contribution in [0.25, 0.3) is 0 Å². The van der Waals surface area contributed by atoms with Gasteiger partial charge < -0.3 is 10.5 Å². The van der Waals surface area contributed by atoms with Crippen molar-refractivity contribution >= 4 is 41.1 Å². The first-order valence-electron chi connectivity index (χ1n) is 9.79. The van der Waals surface area contributed by atoms with E-state index in [2.05, 4.69) is 11.1 Å². The predicted octanol–water partition coefficient (Wildman–Crippen LogP) is 2.63. The van der Waals surface area contributed by atoms with E-state index in [0.29, 0.717) is 17.0 Å². The average Bonchev–Trinajstić information content (AvgIpc) is 3.54. The number of nitrogens with zero attached hydrogens (tertiary/aromatic N) is 4. The third-order valence-corrected chi connectivity index (χ3v) is 6.33. The van der Waals surface area contributed by atoms with E-state index in [1.54, 1.807) is 0 Å². The molecule has 1 aliphatic heterocycles. The molecule has 0 spiro atoms. The molecule has 2 N–H and O–H groups in total. The number of hydrogen-bond acceptors (Lipinski definition) is 9. The smallest absolute Gasteiger partial charge is 0.308 e. The molecule has 4 rings (SSSR count). The molecule has 2 heterocycles. The van der Waals surface area contributed by atoms with Crippen LogP contribution in [0.1, 0.15) is 48.8 Å². The predicted molar refractivity (Wildman–Crippen MR) is 115 cm³/mol. The van der Waals surface area contributed by atoms with Crippen LogP contribution >= 0.6 is 11.8 Å². The summed E-state index contributed by atoms with van der Waals surface area (Å²) in [6, 6.07) is 10.2. The van der Waals surface area contributed by atoms with Crippen LogP contribution in [-0.2, 0) is 14.4 Å². The third-order valence-electron chi connectivity index (χ3n) is 5.16. The lowest BCUT2D eigenvalue weighted by molar-refractivity contribution is -0.132. The van der Waals surface area contributed by atoms with E-state index >= 15 is 0 Å². The molecule has 1 saturated heterocycles. The van der Waals surface area contributed by atoms with E-state index in [1.165, 1.54) is 31.2 Å². The number of aromatic nitrogens is 1. The fourth-order valence-corrected chi connectivity index (χ4v) is 4.75. The molecule has 1 aliphatic carbocycles. The number of hydrogen-bond donors (Lipinski definition) is 1. The Morgan fingerprint density at radius 2 is 1.84 bits per heavy atom. The van der Waals surface area contributed by atoms with Gasteiger partial charge in [0.1, 0.15) is 28.7 Å². The van der Waals surface area contributed by atoms with E-state index in [4.69, 9.17) is 10.5 Å². The molecule has 2 fully saturated rings. The summed E-state index contributed by atoms with van der Waals surface area (Å²) in [6.07, 6.45) is 1.64. The van der Waals surface area contributed by atoms with Crippen molar-refractivity contribution in [1.82, 2.24) is 4.98 Å². The second kappa shape index (κ2) is 8.33. The van der Waals surface area contributed by atoms with E-state index in [-0.39, 0.29) is 34.3 Å². The molecule has 10 heteroatoms. The van der Waals surface area contributed by atoms with Crippen LogP contribution in [0.5, 0.6) is 5.75 Å². The lowest BCUT2D eigenvalue weighted by atomic mass is 10.0. The Morgan fingerprint density at radius 1 is 1.19 bits per heavy atom. The molecule has 0 radical (unpaired) electrons. The van der Waals surface area contributed by atoms with Crippen molar-refractivity contribution in [1.29, 1.82) is 10.5 Å². The summed E-state index contributed by atoms with van der Waals surface area (Å²) in [5.74, 6) is -0.912. The first kappa shape index (κ1) is 21.3. The van der Waals surface area contributed by atoms with Gasteiger partial charge in [0.25, 0.3) is 0 Å². The number of anilines is 2. The number of rotatable bonds is 5. The highest BCUT2D eigenvalue weighted by atomic mass is 32.2. The van der Waals surface area contributed by atoms with Gasteiger partial charge in [-0.05, 0) is 48.6 Å². The van der Waals surface area contributed by atoms with Crippen LogP contribution < -0.4 is 15.4 Å². The second-order valence-electron chi connectivity index (χ2n) is 7.43. The van der Waals surface area contributed by atoms with Gasteiger partial charge in [0.2, 0.25) is 11.8 Å². The van der Waals surface area contributed by atoms with Crippen molar-refractivity contribution in [2.75, 3.05) is 10.6 Å². The second-order valence-corrected chi connectivity index (χ2v) is 8.62. The van der Waals surface area contributed by atoms with Crippen LogP contribution in [0.15, 0.2) is 29.3 Å². The van der Waals surface area contributed by atoms with Gasteiger partial charge in [0.15, 0.2) is 0 Å². The molecule has 1 atom stereocenters. The van der Waals surface area contributed by atoms with Crippen molar-refractivity contribution in [3.63, 3.8) is 0 Å². The zero-order valence-corrected chi connectivity index (χ0v) is 17.8.